The van der Waals surface area contributed by atoms with E-state index in [0.717, 1.165) is 11.1 Å². The van der Waals surface area contributed by atoms with Crippen LogP contribution in [0, 0.1) is 11.3 Å². The van der Waals surface area contributed by atoms with E-state index in [9.17, 15) is 4.79 Å². The Morgan fingerprint density at radius 2 is 2.04 bits per heavy atom. The van der Waals surface area contributed by atoms with E-state index in [2.05, 4.69) is 5.32 Å². The van der Waals surface area contributed by atoms with Crippen molar-refractivity contribution in [2.24, 2.45) is 0 Å². The van der Waals surface area contributed by atoms with Gasteiger partial charge in [-0.2, -0.15) is 5.26 Å². The van der Waals surface area contributed by atoms with Crippen molar-refractivity contribution in [1.82, 2.24) is 5.32 Å². The van der Waals surface area contributed by atoms with Gasteiger partial charge in [0.2, 0.25) is 5.91 Å². The number of nitriles is 1. The summed E-state index contributed by atoms with van der Waals surface area (Å²) in [5.74, 6) is 0.679. The molecule has 0 saturated carbocycles. The first-order valence-electron chi connectivity index (χ1n) is 8.06. The second-order valence-corrected chi connectivity index (χ2v) is 6.43. The predicted octanol–water partition coefficient (Wildman–Crippen LogP) is 4.79. The Labute approximate surface area is 168 Å². The first-order valence-corrected chi connectivity index (χ1v) is 8.81. The molecule has 0 aromatic heterocycles. The number of halogens is 2. The Morgan fingerprint density at radius 1 is 1.26 bits per heavy atom. The molecule has 2 aromatic carbocycles. The zero-order valence-corrected chi connectivity index (χ0v) is 16.3. The molecule has 2 rings (SSSR count). The van der Waals surface area contributed by atoms with Crippen molar-refractivity contribution in [3.05, 3.63) is 63.6 Å². The van der Waals surface area contributed by atoms with Crippen LogP contribution >= 0.6 is 23.2 Å². The SMILES string of the molecule is COc1cc(/C=C/C(=O)N[C@@H](C)c2ccc(Cl)cc2Cl)ccc1OCC#N. The number of carbonyl (C=O) groups excluding carboxylic acids is 1. The summed E-state index contributed by atoms with van der Waals surface area (Å²) in [7, 11) is 1.51. The van der Waals surface area contributed by atoms with Gasteiger partial charge in [-0.3, -0.25) is 4.79 Å². The van der Waals surface area contributed by atoms with Gasteiger partial charge in [-0.05, 0) is 48.4 Å². The first-order chi connectivity index (χ1) is 12.9. The van der Waals surface area contributed by atoms with Gasteiger partial charge in [0.05, 0.1) is 13.2 Å². The van der Waals surface area contributed by atoms with Crippen LogP contribution < -0.4 is 14.8 Å². The summed E-state index contributed by atoms with van der Waals surface area (Å²) in [5, 5.41) is 12.5. The molecule has 0 radical (unpaired) electrons. The van der Waals surface area contributed by atoms with Crippen LogP contribution in [0.15, 0.2) is 42.5 Å². The molecule has 0 bridgehead atoms. The van der Waals surface area contributed by atoms with Gasteiger partial charge in [-0.1, -0.05) is 35.3 Å². The molecule has 1 N–H and O–H groups in total. The van der Waals surface area contributed by atoms with Crippen molar-refractivity contribution in [1.29, 1.82) is 5.26 Å². The van der Waals surface area contributed by atoms with Gasteiger partial charge in [0.1, 0.15) is 6.07 Å². The summed E-state index contributed by atoms with van der Waals surface area (Å²) in [4.78, 5) is 12.2. The topological polar surface area (TPSA) is 71.3 Å². The lowest BCUT2D eigenvalue weighted by molar-refractivity contribution is -0.117. The van der Waals surface area contributed by atoms with E-state index in [1.165, 1.54) is 13.2 Å². The third kappa shape index (κ3) is 5.92. The van der Waals surface area contributed by atoms with E-state index < -0.39 is 0 Å². The molecule has 0 heterocycles. The third-order valence-corrected chi connectivity index (χ3v) is 4.26. The highest BCUT2D eigenvalue weighted by Gasteiger charge is 2.12. The van der Waals surface area contributed by atoms with E-state index in [-0.39, 0.29) is 18.6 Å². The molecule has 0 aliphatic heterocycles. The maximum absolute atomic E-state index is 12.2. The Bertz CT molecular complexity index is 891. The lowest BCUT2D eigenvalue weighted by Gasteiger charge is -2.14. The average molecular weight is 405 g/mol. The zero-order valence-electron chi connectivity index (χ0n) is 14.8. The lowest BCUT2D eigenvalue weighted by atomic mass is 10.1. The fourth-order valence-electron chi connectivity index (χ4n) is 2.38. The number of benzene rings is 2. The molecule has 140 valence electrons. The highest BCUT2D eigenvalue weighted by molar-refractivity contribution is 6.35. The van der Waals surface area contributed by atoms with Crippen LogP contribution in [-0.2, 0) is 4.79 Å². The molecule has 27 heavy (non-hydrogen) atoms. The molecule has 2 aromatic rings. The Balaban J connectivity index is 2.04. The summed E-state index contributed by atoms with van der Waals surface area (Å²) in [6, 6.07) is 11.9. The van der Waals surface area contributed by atoms with Crippen LogP contribution in [0.2, 0.25) is 10.0 Å². The molecule has 0 spiro atoms. The quantitative estimate of drug-likeness (QED) is 0.672. The highest BCUT2D eigenvalue weighted by Crippen LogP contribution is 2.29. The molecule has 0 aliphatic carbocycles. The van der Waals surface area contributed by atoms with Crippen molar-refractivity contribution >= 4 is 35.2 Å². The van der Waals surface area contributed by atoms with E-state index in [0.29, 0.717) is 21.5 Å². The van der Waals surface area contributed by atoms with Crippen LogP contribution in [0.5, 0.6) is 11.5 Å². The summed E-state index contributed by atoms with van der Waals surface area (Å²) in [6.07, 6.45) is 3.08. The standard InChI is InChI=1S/C20H18Cl2N2O3/c1-13(16-6-5-15(21)12-17(16)22)24-20(25)8-4-14-3-7-18(27-10-9-23)19(11-14)26-2/h3-8,11-13H,10H2,1-2H3,(H,24,25)/b8-4+/t13-/m0/s1. The van der Waals surface area contributed by atoms with Gasteiger partial charge in [0, 0.05) is 16.1 Å². The van der Waals surface area contributed by atoms with Crippen molar-refractivity contribution in [3.63, 3.8) is 0 Å². The molecular weight excluding hydrogens is 387 g/mol. The Morgan fingerprint density at radius 3 is 2.70 bits per heavy atom. The molecule has 0 saturated heterocycles. The van der Waals surface area contributed by atoms with Gasteiger partial charge in [-0.25, -0.2) is 0 Å². The van der Waals surface area contributed by atoms with Gasteiger partial charge >= 0.3 is 0 Å². The summed E-state index contributed by atoms with van der Waals surface area (Å²) >= 11 is 12.1. The first kappa shape index (κ1) is 20.6. The van der Waals surface area contributed by atoms with Crippen molar-refractivity contribution in [3.8, 4) is 17.6 Å². The Hall–Kier alpha value is -2.68. The molecular formula is C20H18Cl2N2O3. The molecule has 5 nitrogen and oxygen atoms in total. The fraction of sp³-hybridized carbons (Fsp3) is 0.200. The Kier molecular flexibility index (Phi) is 7.54. The largest absolute Gasteiger partial charge is 0.493 e. The van der Waals surface area contributed by atoms with Gasteiger partial charge in [0.15, 0.2) is 18.1 Å². The number of rotatable bonds is 7. The average Bonchev–Trinajstić information content (AvgIpc) is 2.64. The van der Waals surface area contributed by atoms with Gasteiger partial charge < -0.3 is 14.8 Å². The molecule has 0 fully saturated rings. The van der Waals surface area contributed by atoms with Crippen LogP contribution in [0.1, 0.15) is 24.1 Å². The third-order valence-electron chi connectivity index (χ3n) is 3.69. The second-order valence-electron chi connectivity index (χ2n) is 5.59. The lowest BCUT2D eigenvalue weighted by Crippen LogP contribution is -2.24. The number of carbonyl (C=O) groups is 1. The number of hydrogen-bond donors (Lipinski definition) is 1. The van der Waals surface area contributed by atoms with Gasteiger partial charge in [-0.15, -0.1) is 0 Å². The van der Waals surface area contributed by atoms with Crippen LogP contribution in [-0.4, -0.2) is 19.6 Å². The van der Waals surface area contributed by atoms with E-state index in [4.69, 9.17) is 37.9 Å². The minimum atomic E-state index is -0.275. The molecule has 1 amide bonds. The normalized spacial score (nSPS) is 11.7. The maximum Gasteiger partial charge on any atom is 0.244 e. The van der Waals surface area contributed by atoms with E-state index in [1.54, 1.807) is 42.5 Å². The van der Waals surface area contributed by atoms with E-state index in [1.807, 2.05) is 13.0 Å². The number of amides is 1. The number of nitrogens with one attached hydrogen (secondary N) is 1. The minimum Gasteiger partial charge on any atom is -0.493 e. The molecule has 0 unspecified atom stereocenters. The summed E-state index contributed by atoms with van der Waals surface area (Å²) < 4.78 is 10.5. The predicted molar refractivity (Wildman–Crippen MR) is 106 cm³/mol. The molecule has 7 heteroatoms. The monoisotopic (exact) mass is 404 g/mol. The van der Waals surface area contributed by atoms with Crippen molar-refractivity contribution in [2.45, 2.75) is 13.0 Å². The fourth-order valence-corrected chi connectivity index (χ4v) is 2.95. The number of ether oxygens (including phenoxy) is 2. The zero-order chi connectivity index (χ0) is 19.8. The molecule has 1 atom stereocenters. The summed E-state index contributed by atoms with van der Waals surface area (Å²) in [6.45, 7) is 1.77. The minimum absolute atomic E-state index is 0.0703. The number of hydrogen-bond acceptors (Lipinski definition) is 4. The smallest absolute Gasteiger partial charge is 0.244 e. The van der Waals surface area contributed by atoms with Crippen LogP contribution in [0.25, 0.3) is 6.08 Å². The van der Waals surface area contributed by atoms with Crippen molar-refractivity contribution in [2.75, 3.05) is 13.7 Å². The highest BCUT2D eigenvalue weighted by atomic mass is 35.5. The van der Waals surface area contributed by atoms with E-state index >= 15 is 0 Å². The second kappa shape index (κ2) is 9.86. The number of methoxy groups -OCH3 is 1. The molecule has 0 aliphatic rings. The number of nitrogens with zero attached hydrogens (tertiary/aromatic N) is 1. The summed E-state index contributed by atoms with van der Waals surface area (Å²) in [5.41, 5.74) is 1.53. The maximum atomic E-state index is 12.2. The van der Waals surface area contributed by atoms with Crippen molar-refractivity contribution < 1.29 is 14.3 Å². The van der Waals surface area contributed by atoms with Crippen LogP contribution in [0.3, 0.4) is 0 Å². The van der Waals surface area contributed by atoms with Gasteiger partial charge in [0.25, 0.3) is 0 Å². The van der Waals surface area contributed by atoms with Crippen LogP contribution in [0.4, 0.5) is 0 Å².